The normalized spacial score (nSPS) is 21.1. The Morgan fingerprint density at radius 2 is 1.76 bits per heavy atom. The first-order valence-corrected chi connectivity index (χ1v) is 7.69. The van der Waals surface area contributed by atoms with E-state index in [1.807, 2.05) is 6.92 Å². The van der Waals surface area contributed by atoms with Crippen LogP contribution in [0.2, 0.25) is 0 Å². The van der Waals surface area contributed by atoms with Gasteiger partial charge in [0.2, 0.25) is 0 Å². The van der Waals surface area contributed by atoms with Gasteiger partial charge in [0.05, 0.1) is 0 Å². The predicted octanol–water partition coefficient (Wildman–Crippen LogP) is 0.503. The summed E-state index contributed by atoms with van der Waals surface area (Å²) >= 11 is 0. The number of hydrogen-bond donors (Lipinski definition) is 1. The van der Waals surface area contributed by atoms with Crippen molar-refractivity contribution >= 4 is 10.2 Å². The molecule has 0 radical (unpaired) electrons. The van der Waals surface area contributed by atoms with E-state index in [2.05, 4.69) is 19.2 Å². The van der Waals surface area contributed by atoms with Gasteiger partial charge in [0.15, 0.2) is 0 Å². The molecule has 1 atom stereocenters. The lowest BCUT2D eigenvalue weighted by Gasteiger charge is -2.33. The molecule has 1 saturated heterocycles. The summed E-state index contributed by atoms with van der Waals surface area (Å²) in [7, 11) is -1.60. The first-order chi connectivity index (χ1) is 7.85. The molecule has 0 spiro atoms. The fraction of sp³-hybridized carbons (Fsp3) is 1.00. The molecule has 1 heterocycles. The van der Waals surface area contributed by atoms with Gasteiger partial charge in [-0.3, -0.25) is 0 Å². The highest BCUT2D eigenvalue weighted by atomic mass is 32.2. The van der Waals surface area contributed by atoms with Crippen LogP contribution in [0.5, 0.6) is 0 Å². The largest absolute Gasteiger partial charge is 0.314 e. The second kappa shape index (κ2) is 6.13. The van der Waals surface area contributed by atoms with Crippen molar-refractivity contribution in [3.63, 3.8) is 0 Å². The minimum Gasteiger partial charge on any atom is -0.314 e. The van der Waals surface area contributed by atoms with Crippen LogP contribution < -0.4 is 5.32 Å². The third-order valence-electron chi connectivity index (χ3n) is 3.20. The first-order valence-electron chi connectivity index (χ1n) is 6.29. The van der Waals surface area contributed by atoms with Crippen LogP contribution in [0.25, 0.3) is 0 Å². The molecule has 102 valence electrons. The molecule has 5 nitrogen and oxygen atoms in total. The summed E-state index contributed by atoms with van der Waals surface area (Å²) in [5.41, 5.74) is 0. The zero-order chi connectivity index (χ0) is 13.1. The zero-order valence-corrected chi connectivity index (χ0v) is 12.1. The smallest absolute Gasteiger partial charge is 0.282 e. The highest BCUT2D eigenvalue weighted by Gasteiger charge is 2.30. The number of nitrogens with one attached hydrogen (secondary N) is 1. The Bertz CT molecular complexity index is 324. The maximum Gasteiger partial charge on any atom is 0.282 e. The quantitative estimate of drug-likeness (QED) is 0.786. The minimum absolute atomic E-state index is 0.0508. The van der Waals surface area contributed by atoms with Gasteiger partial charge in [0.25, 0.3) is 10.2 Å². The number of piperazine rings is 1. The van der Waals surface area contributed by atoms with Gasteiger partial charge < -0.3 is 5.32 Å². The van der Waals surface area contributed by atoms with E-state index in [-0.39, 0.29) is 6.04 Å². The van der Waals surface area contributed by atoms with Crippen LogP contribution >= 0.6 is 0 Å². The van der Waals surface area contributed by atoms with Crippen molar-refractivity contribution in [2.75, 3.05) is 33.2 Å². The fourth-order valence-electron chi connectivity index (χ4n) is 2.12. The topological polar surface area (TPSA) is 52.7 Å². The number of nitrogens with zero attached hydrogens (tertiary/aromatic N) is 2. The number of hydrogen-bond acceptors (Lipinski definition) is 3. The highest BCUT2D eigenvalue weighted by Crippen LogP contribution is 2.16. The van der Waals surface area contributed by atoms with Crippen LogP contribution in [0, 0.1) is 5.92 Å². The molecule has 1 unspecified atom stereocenters. The summed E-state index contributed by atoms with van der Waals surface area (Å²) in [6, 6.07) is 0.0508. The van der Waals surface area contributed by atoms with E-state index < -0.39 is 10.2 Å². The molecule has 0 aromatic rings. The Hall–Kier alpha value is -0.170. The van der Waals surface area contributed by atoms with E-state index in [1.54, 1.807) is 11.4 Å². The SMILES string of the molecule is CC(C)CC(C)N(C)S(=O)(=O)N1CCNCC1. The van der Waals surface area contributed by atoms with Gasteiger partial charge in [0.1, 0.15) is 0 Å². The molecular formula is C11H25N3O2S. The van der Waals surface area contributed by atoms with E-state index in [9.17, 15) is 8.42 Å². The average Bonchev–Trinajstić information content (AvgIpc) is 2.28. The maximum atomic E-state index is 12.3. The van der Waals surface area contributed by atoms with Crippen LogP contribution in [-0.4, -0.2) is 56.3 Å². The molecular weight excluding hydrogens is 238 g/mol. The lowest BCUT2D eigenvalue weighted by atomic mass is 10.1. The van der Waals surface area contributed by atoms with Gasteiger partial charge in [-0.25, -0.2) is 0 Å². The van der Waals surface area contributed by atoms with Gasteiger partial charge >= 0.3 is 0 Å². The van der Waals surface area contributed by atoms with Crippen molar-refractivity contribution in [2.45, 2.75) is 33.2 Å². The summed E-state index contributed by atoms with van der Waals surface area (Å²) < 4.78 is 27.7. The highest BCUT2D eigenvalue weighted by molar-refractivity contribution is 7.86. The van der Waals surface area contributed by atoms with Crippen LogP contribution in [-0.2, 0) is 10.2 Å². The molecule has 0 aromatic carbocycles. The van der Waals surface area contributed by atoms with E-state index in [0.717, 1.165) is 19.5 Å². The summed E-state index contributed by atoms with van der Waals surface area (Å²) in [4.78, 5) is 0. The molecule has 0 aromatic heterocycles. The molecule has 6 heteroatoms. The van der Waals surface area contributed by atoms with Gasteiger partial charge in [-0.1, -0.05) is 13.8 Å². The zero-order valence-electron chi connectivity index (χ0n) is 11.3. The Morgan fingerprint density at radius 1 is 1.24 bits per heavy atom. The molecule has 0 saturated carbocycles. The van der Waals surface area contributed by atoms with Crippen molar-refractivity contribution in [3.8, 4) is 0 Å². The lowest BCUT2D eigenvalue weighted by molar-refractivity contribution is 0.286. The van der Waals surface area contributed by atoms with Crippen molar-refractivity contribution in [3.05, 3.63) is 0 Å². The molecule has 0 amide bonds. The third kappa shape index (κ3) is 3.91. The van der Waals surface area contributed by atoms with Crippen molar-refractivity contribution in [2.24, 2.45) is 5.92 Å². The standard InChI is InChI=1S/C11H25N3O2S/c1-10(2)9-11(3)13(4)17(15,16)14-7-5-12-6-8-14/h10-12H,5-9H2,1-4H3. The Labute approximate surface area is 105 Å². The molecule has 0 bridgehead atoms. The van der Waals surface area contributed by atoms with Crippen molar-refractivity contribution < 1.29 is 8.42 Å². The Morgan fingerprint density at radius 3 is 2.24 bits per heavy atom. The molecule has 0 aliphatic carbocycles. The summed E-state index contributed by atoms with van der Waals surface area (Å²) in [5, 5.41) is 3.16. The molecule has 1 fully saturated rings. The minimum atomic E-state index is -3.28. The van der Waals surface area contributed by atoms with Crippen LogP contribution in [0.1, 0.15) is 27.2 Å². The van der Waals surface area contributed by atoms with Gasteiger partial charge in [0, 0.05) is 39.3 Å². The first kappa shape index (κ1) is 14.9. The maximum absolute atomic E-state index is 12.3. The molecule has 1 rings (SSSR count). The van der Waals surface area contributed by atoms with Crippen LogP contribution in [0.3, 0.4) is 0 Å². The van der Waals surface area contributed by atoms with E-state index in [0.29, 0.717) is 19.0 Å². The summed E-state index contributed by atoms with van der Waals surface area (Å²) in [5.74, 6) is 0.505. The van der Waals surface area contributed by atoms with Crippen LogP contribution in [0.4, 0.5) is 0 Å². The van der Waals surface area contributed by atoms with E-state index in [1.165, 1.54) is 4.31 Å². The summed E-state index contributed by atoms with van der Waals surface area (Å²) in [6.45, 7) is 8.82. The monoisotopic (exact) mass is 263 g/mol. The average molecular weight is 263 g/mol. The van der Waals surface area contributed by atoms with E-state index in [4.69, 9.17) is 0 Å². The summed E-state index contributed by atoms with van der Waals surface area (Å²) in [6.07, 6.45) is 0.891. The number of rotatable bonds is 5. The van der Waals surface area contributed by atoms with Gasteiger partial charge in [-0.05, 0) is 19.3 Å². The van der Waals surface area contributed by atoms with Crippen LogP contribution in [0.15, 0.2) is 0 Å². The lowest BCUT2D eigenvalue weighted by Crippen LogP contribution is -2.52. The second-order valence-electron chi connectivity index (χ2n) is 5.15. The Balaban J connectivity index is 2.68. The van der Waals surface area contributed by atoms with Gasteiger partial charge in [-0.2, -0.15) is 17.0 Å². The second-order valence-corrected chi connectivity index (χ2v) is 7.14. The molecule has 1 N–H and O–H groups in total. The Kier molecular flexibility index (Phi) is 5.37. The molecule has 1 aliphatic heterocycles. The predicted molar refractivity (Wildman–Crippen MR) is 70.0 cm³/mol. The molecule has 17 heavy (non-hydrogen) atoms. The van der Waals surface area contributed by atoms with Crippen molar-refractivity contribution in [1.82, 2.24) is 13.9 Å². The van der Waals surface area contributed by atoms with Crippen molar-refractivity contribution in [1.29, 1.82) is 0 Å². The van der Waals surface area contributed by atoms with E-state index >= 15 is 0 Å². The third-order valence-corrected chi connectivity index (χ3v) is 5.30. The van der Waals surface area contributed by atoms with Gasteiger partial charge in [-0.15, -0.1) is 0 Å². The molecule has 1 aliphatic rings. The fourth-order valence-corrected chi connectivity index (χ4v) is 3.66.